The highest BCUT2D eigenvalue weighted by Crippen LogP contribution is 2.38. The number of ether oxygens (including phenoxy) is 1. The van der Waals surface area contributed by atoms with Gasteiger partial charge in [-0.3, -0.25) is 14.6 Å². The Balaban J connectivity index is 1.80. The zero-order valence-corrected chi connectivity index (χ0v) is 15.6. The van der Waals surface area contributed by atoms with Gasteiger partial charge in [-0.15, -0.1) is 0 Å². The monoisotopic (exact) mass is 428 g/mol. The first-order valence-corrected chi connectivity index (χ1v) is 9.02. The number of rotatable bonds is 5. The van der Waals surface area contributed by atoms with Crippen molar-refractivity contribution >= 4 is 12.2 Å². The van der Waals surface area contributed by atoms with Crippen molar-refractivity contribution in [1.82, 2.24) is 9.88 Å². The number of hydrogen-bond acceptors (Lipinski definition) is 4. The van der Waals surface area contributed by atoms with E-state index in [1.165, 1.54) is 29.3 Å². The summed E-state index contributed by atoms with van der Waals surface area (Å²) in [6, 6.07) is 6.06. The lowest BCUT2D eigenvalue weighted by Crippen LogP contribution is -2.42. The third kappa shape index (κ3) is 4.92. The number of carbonyl (C=O) groups excluding carboxylic acids is 2. The van der Waals surface area contributed by atoms with Crippen LogP contribution in [0.2, 0.25) is 0 Å². The third-order valence-electron chi connectivity index (χ3n) is 4.68. The van der Waals surface area contributed by atoms with Crippen molar-refractivity contribution in [3.8, 4) is 17.0 Å². The van der Waals surface area contributed by atoms with Gasteiger partial charge < -0.3 is 9.64 Å². The van der Waals surface area contributed by atoms with Gasteiger partial charge >= 0.3 is 6.18 Å². The highest BCUT2D eigenvalue weighted by Gasteiger charge is 2.36. The fourth-order valence-electron chi connectivity index (χ4n) is 3.07. The molecule has 0 atom stereocenters. The fourth-order valence-corrected chi connectivity index (χ4v) is 3.07. The molecule has 0 spiro atoms. The van der Waals surface area contributed by atoms with Gasteiger partial charge in [-0.1, -0.05) is 0 Å². The number of carbonyl (C=O) groups is 2. The molecule has 1 aliphatic rings. The number of amides is 1. The summed E-state index contributed by atoms with van der Waals surface area (Å²) in [6.45, 7) is -0.671. The summed E-state index contributed by atoms with van der Waals surface area (Å²) in [5.74, 6) is -3.72. The van der Waals surface area contributed by atoms with Crippen molar-refractivity contribution in [2.45, 2.75) is 24.9 Å². The van der Waals surface area contributed by atoms with Crippen molar-refractivity contribution in [2.75, 3.05) is 19.7 Å². The number of piperidine rings is 1. The van der Waals surface area contributed by atoms with E-state index >= 15 is 0 Å². The van der Waals surface area contributed by atoms with Crippen LogP contribution in [0, 0.1) is 0 Å². The maximum absolute atomic E-state index is 13.3. The Morgan fingerprint density at radius 2 is 1.87 bits per heavy atom. The first kappa shape index (κ1) is 21.7. The predicted octanol–water partition coefficient (Wildman–Crippen LogP) is 4.22. The van der Waals surface area contributed by atoms with Crippen LogP contribution < -0.4 is 4.74 Å². The number of alkyl halides is 5. The Kier molecular flexibility index (Phi) is 6.04. The summed E-state index contributed by atoms with van der Waals surface area (Å²) >= 11 is 0. The molecule has 3 rings (SSSR count). The molecule has 2 aromatic rings. The largest absolute Gasteiger partial charge is 0.486 e. The van der Waals surface area contributed by atoms with E-state index in [9.17, 15) is 31.5 Å². The van der Waals surface area contributed by atoms with Gasteiger partial charge in [0.2, 0.25) is 0 Å². The minimum atomic E-state index is -4.71. The molecule has 0 unspecified atom stereocenters. The molecule has 0 aliphatic carbocycles. The SMILES string of the molecule is O=CCOc1ccc(-c2ccc(C(=O)N3CCC(F)(F)CC3)cn2)cc1C(F)(F)F. The lowest BCUT2D eigenvalue weighted by molar-refractivity contribution is -0.139. The van der Waals surface area contributed by atoms with Crippen molar-refractivity contribution in [3.63, 3.8) is 0 Å². The Morgan fingerprint density at radius 1 is 1.17 bits per heavy atom. The van der Waals surface area contributed by atoms with E-state index in [-0.39, 0.29) is 29.9 Å². The van der Waals surface area contributed by atoms with Gasteiger partial charge in [-0.05, 0) is 30.3 Å². The molecule has 5 nitrogen and oxygen atoms in total. The fraction of sp³-hybridized carbons (Fsp3) is 0.350. The van der Waals surface area contributed by atoms with Crippen LogP contribution in [0.25, 0.3) is 11.3 Å². The topological polar surface area (TPSA) is 59.5 Å². The molecule has 0 radical (unpaired) electrons. The van der Waals surface area contributed by atoms with E-state index in [0.29, 0.717) is 6.29 Å². The van der Waals surface area contributed by atoms with E-state index in [4.69, 9.17) is 4.74 Å². The molecule has 1 aromatic heterocycles. The number of halogens is 5. The van der Waals surface area contributed by atoms with Gasteiger partial charge in [0.15, 0.2) is 6.29 Å². The van der Waals surface area contributed by atoms with Crippen molar-refractivity contribution < 1.29 is 36.3 Å². The molecule has 160 valence electrons. The Bertz CT molecular complexity index is 919. The number of hydrogen-bond donors (Lipinski definition) is 0. The second-order valence-electron chi connectivity index (χ2n) is 6.77. The number of likely N-dealkylation sites (tertiary alicyclic amines) is 1. The number of nitrogens with zero attached hydrogens (tertiary/aromatic N) is 2. The molecule has 1 aromatic carbocycles. The van der Waals surface area contributed by atoms with Gasteiger partial charge in [0.1, 0.15) is 12.4 Å². The quantitative estimate of drug-likeness (QED) is 0.529. The van der Waals surface area contributed by atoms with Crippen LogP contribution in [0.3, 0.4) is 0 Å². The summed E-state index contributed by atoms with van der Waals surface area (Å²) < 4.78 is 71.2. The van der Waals surface area contributed by atoms with E-state index < -0.39 is 48.8 Å². The van der Waals surface area contributed by atoms with E-state index in [2.05, 4.69) is 4.98 Å². The van der Waals surface area contributed by atoms with Crippen LogP contribution in [0.1, 0.15) is 28.8 Å². The van der Waals surface area contributed by atoms with E-state index in [0.717, 1.165) is 12.1 Å². The molecule has 1 aliphatic heterocycles. The van der Waals surface area contributed by atoms with Gasteiger partial charge in [0, 0.05) is 37.7 Å². The van der Waals surface area contributed by atoms with Crippen LogP contribution in [0.5, 0.6) is 5.75 Å². The van der Waals surface area contributed by atoms with Gasteiger partial charge in [-0.2, -0.15) is 13.2 Å². The van der Waals surface area contributed by atoms with Crippen molar-refractivity contribution in [1.29, 1.82) is 0 Å². The second kappa shape index (κ2) is 8.37. The van der Waals surface area contributed by atoms with Crippen LogP contribution >= 0.6 is 0 Å². The Hall–Kier alpha value is -3.04. The number of benzene rings is 1. The molecule has 1 amide bonds. The van der Waals surface area contributed by atoms with Crippen LogP contribution in [0.15, 0.2) is 36.5 Å². The highest BCUT2D eigenvalue weighted by atomic mass is 19.4. The lowest BCUT2D eigenvalue weighted by Gasteiger charge is -2.31. The number of aromatic nitrogens is 1. The normalized spacial score (nSPS) is 16.2. The average molecular weight is 428 g/mol. The summed E-state index contributed by atoms with van der Waals surface area (Å²) in [5, 5.41) is 0. The summed E-state index contributed by atoms with van der Waals surface area (Å²) in [7, 11) is 0. The number of aldehydes is 1. The van der Waals surface area contributed by atoms with Crippen LogP contribution in [0.4, 0.5) is 22.0 Å². The first-order chi connectivity index (χ1) is 14.1. The molecular formula is C20H17F5N2O3. The van der Waals surface area contributed by atoms with Gasteiger partial charge in [0.05, 0.1) is 16.8 Å². The minimum absolute atomic E-state index is 0.0786. The number of pyridine rings is 1. The molecule has 30 heavy (non-hydrogen) atoms. The van der Waals surface area contributed by atoms with E-state index in [1.54, 1.807) is 0 Å². The third-order valence-corrected chi connectivity index (χ3v) is 4.68. The molecule has 2 heterocycles. The molecule has 1 saturated heterocycles. The maximum atomic E-state index is 13.3. The molecule has 0 saturated carbocycles. The summed E-state index contributed by atoms with van der Waals surface area (Å²) in [5.41, 5.74) is -0.578. The summed E-state index contributed by atoms with van der Waals surface area (Å²) in [4.78, 5) is 28.2. The zero-order chi connectivity index (χ0) is 21.9. The average Bonchev–Trinajstić information content (AvgIpc) is 2.71. The molecule has 0 N–H and O–H groups in total. The Morgan fingerprint density at radius 3 is 2.43 bits per heavy atom. The van der Waals surface area contributed by atoms with Crippen molar-refractivity contribution in [2.24, 2.45) is 0 Å². The standard InChI is InChI=1S/C20H17F5N2O3/c21-19(22)5-7-27(8-6-19)18(29)14-1-3-16(26-12-14)13-2-4-17(30-10-9-28)15(11-13)20(23,24)25/h1-4,9,11-12H,5-8,10H2. The molecule has 10 heteroatoms. The van der Waals surface area contributed by atoms with Gasteiger partial charge in [0.25, 0.3) is 11.8 Å². The first-order valence-electron chi connectivity index (χ1n) is 9.02. The molecule has 1 fully saturated rings. The molecular weight excluding hydrogens is 411 g/mol. The lowest BCUT2D eigenvalue weighted by atomic mass is 10.0. The van der Waals surface area contributed by atoms with Crippen LogP contribution in [-0.2, 0) is 11.0 Å². The zero-order valence-electron chi connectivity index (χ0n) is 15.6. The smallest absolute Gasteiger partial charge is 0.419 e. The second-order valence-corrected chi connectivity index (χ2v) is 6.77. The summed E-state index contributed by atoms with van der Waals surface area (Å²) in [6.07, 6.45) is -3.99. The maximum Gasteiger partial charge on any atom is 0.419 e. The Labute approximate surface area is 168 Å². The molecule has 0 bridgehead atoms. The van der Waals surface area contributed by atoms with Crippen LogP contribution in [-0.4, -0.2) is 47.7 Å². The van der Waals surface area contributed by atoms with Gasteiger partial charge in [-0.25, -0.2) is 8.78 Å². The van der Waals surface area contributed by atoms with Crippen molar-refractivity contribution in [3.05, 3.63) is 47.7 Å². The highest BCUT2D eigenvalue weighted by molar-refractivity contribution is 5.94. The predicted molar refractivity (Wildman–Crippen MR) is 96.3 cm³/mol. The minimum Gasteiger partial charge on any atom is -0.486 e. The van der Waals surface area contributed by atoms with E-state index in [1.807, 2.05) is 0 Å².